The summed E-state index contributed by atoms with van der Waals surface area (Å²) in [7, 11) is 0. The maximum absolute atomic E-state index is 12.5. The fourth-order valence-corrected chi connectivity index (χ4v) is 2.93. The van der Waals surface area contributed by atoms with Crippen LogP contribution in [0.1, 0.15) is 36.0 Å². The van der Waals surface area contributed by atoms with Gasteiger partial charge in [0.05, 0.1) is 11.1 Å². The van der Waals surface area contributed by atoms with Crippen LogP contribution in [0.15, 0.2) is 65.1 Å². The summed E-state index contributed by atoms with van der Waals surface area (Å²) in [5.41, 5.74) is 2.28. The van der Waals surface area contributed by atoms with Gasteiger partial charge < -0.3 is 15.1 Å². The van der Waals surface area contributed by atoms with E-state index in [2.05, 4.69) is 10.6 Å². The maximum atomic E-state index is 12.5. The minimum absolute atomic E-state index is 0.147. The van der Waals surface area contributed by atoms with Gasteiger partial charge in [0, 0.05) is 18.2 Å². The topological polar surface area (TPSA) is 71.3 Å². The molecular formula is C21H19ClN2O3. The summed E-state index contributed by atoms with van der Waals surface area (Å²) in [6.45, 7) is 3.31. The number of carbonyl (C=O) groups is 2. The zero-order chi connectivity index (χ0) is 19.4. The number of hydrogen-bond donors (Lipinski definition) is 2. The number of hydrogen-bond acceptors (Lipinski definition) is 3. The molecule has 0 bridgehead atoms. The lowest BCUT2D eigenvalue weighted by Crippen LogP contribution is -2.26. The van der Waals surface area contributed by atoms with Crippen LogP contribution in [0.4, 0.5) is 5.69 Å². The Kier molecular flexibility index (Phi) is 5.62. The molecule has 27 heavy (non-hydrogen) atoms. The van der Waals surface area contributed by atoms with Crippen LogP contribution in [0.3, 0.4) is 0 Å². The number of anilines is 1. The summed E-state index contributed by atoms with van der Waals surface area (Å²) in [5, 5.41) is 6.18. The van der Waals surface area contributed by atoms with E-state index >= 15 is 0 Å². The van der Waals surface area contributed by atoms with Crippen molar-refractivity contribution in [2.45, 2.75) is 19.9 Å². The third-order valence-electron chi connectivity index (χ3n) is 4.02. The van der Waals surface area contributed by atoms with E-state index in [1.165, 1.54) is 6.92 Å². The predicted octanol–water partition coefficient (Wildman–Crippen LogP) is 5.05. The van der Waals surface area contributed by atoms with Gasteiger partial charge in [0.2, 0.25) is 5.91 Å². The highest BCUT2D eigenvalue weighted by Crippen LogP contribution is 2.29. The summed E-state index contributed by atoms with van der Waals surface area (Å²) >= 11 is 6.17. The highest BCUT2D eigenvalue weighted by Gasteiger charge is 2.16. The Bertz CT molecular complexity index is 981. The van der Waals surface area contributed by atoms with Crippen molar-refractivity contribution in [1.82, 2.24) is 5.32 Å². The standard InChI is InChI=1S/C21H19ClN2O3/c1-13(15-6-5-7-16(12-15)24-14(2)25)23-21(26)20-11-10-19(27-20)17-8-3-4-9-18(17)22/h3-13H,1-2H3,(H,23,26)(H,24,25). The molecule has 0 fully saturated rings. The molecule has 0 aliphatic rings. The SMILES string of the molecule is CC(=O)Nc1cccc(C(C)NC(=O)c2ccc(-c3ccccc3Cl)o2)c1. The van der Waals surface area contributed by atoms with Crippen LogP contribution < -0.4 is 10.6 Å². The molecule has 2 N–H and O–H groups in total. The molecule has 138 valence electrons. The normalized spacial score (nSPS) is 11.7. The number of carbonyl (C=O) groups excluding carboxylic acids is 2. The van der Waals surface area contributed by atoms with Gasteiger partial charge in [-0.05, 0) is 48.9 Å². The van der Waals surface area contributed by atoms with Crippen LogP contribution in [-0.2, 0) is 4.79 Å². The van der Waals surface area contributed by atoms with E-state index in [0.29, 0.717) is 16.5 Å². The molecule has 2 aromatic carbocycles. The van der Waals surface area contributed by atoms with Gasteiger partial charge in [-0.1, -0.05) is 35.9 Å². The van der Waals surface area contributed by atoms with Gasteiger partial charge in [-0.3, -0.25) is 9.59 Å². The molecule has 1 unspecified atom stereocenters. The Labute approximate surface area is 162 Å². The first-order valence-corrected chi connectivity index (χ1v) is 8.85. The van der Waals surface area contributed by atoms with Crippen molar-refractivity contribution in [2.75, 3.05) is 5.32 Å². The van der Waals surface area contributed by atoms with Gasteiger partial charge in [0.15, 0.2) is 5.76 Å². The van der Waals surface area contributed by atoms with Gasteiger partial charge in [-0.2, -0.15) is 0 Å². The minimum atomic E-state index is -0.328. The molecule has 0 radical (unpaired) electrons. The Morgan fingerprint density at radius 3 is 2.56 bits per heavy atom. The van der Waals surface area contributed by atoms with Crippen molar-refractivity contribution in [1.29, 1.82) is 0 Å². The van der Waals surface area contributed by atoms with Gasteiger partial charge in [0.25, 0.3) is 5.91 Å². The number of benzene rings is 2. The first-order valence-electron chi connectivity index (χ1n) is 8.47. The molecule has 0 aliphatic carbocycles. The van der Waals surface area contributed by atoms with E-state index < -0.39 is 0 Å². The van der Waals surface area contributed by atoms with Crippen molar-refractivity contribution in [3.05, 3.63) is 77.0 Å². The molecule has 2 amide bonds. The molecule has 3 aromatic rings. The molecule has 1 aromatic heterocycles. The second kappa shape index (κ2) is 8.10. The van der Waals surface area contributed by atoms with E-state index in [4.69, 9.17) is 16.0 Å². The fourth-order valence-electron chi connectivity index (χ4n) is 2.71. The molecule has 0 spiro atoms. The highest BCUT2D eigenvalue weighted by molar-refractivity contribution is 6.33. The minimum Gasteiger partial charge on any atom is -0.451 e. The summed E-state index contributed by atoms with van der Waals surface area (Å²) in [5.74, 6) is 0.262. The molecule has 0 saturated heterocycles. The smallest absolute Gasteiger partial charge is 0.287 e. The second-order valence-electron chi connectivity index (χ2n) is 6.15. The highest BCUT2D eigenvalue weighted by atomic mass is 35.5. The van der Waals surface area contributed by atoms with Gasteiger partial charge >= 0.3 is 0 Å². The van der Waals surface area contributed by atoms with Gasteiger partial charge in [-0.15, -0.1) is 0 Å². The van der Waals surface area contributed by atoms with Crippen molar-refractivity contribution in [3.63, 3.8) is 0 Å². The molecule has 1 heterocycles. The number of furan rings is 1. The van der Waals surface area contributed by atoms with Crippen LogP contribution in [0.2, 0.25) is 5.02 Å². The summed E-state index contributed by atoms with van der Waals surface area (Å²) < 4.78 is 5.67. The lowest BCUT2D eigenvalue weighted by atomic mass is 10.1. The van der Waals surface area contributed by atoms with Crippen molar-refractivity contribution in [2.24, 2.45) is 0 Å². The predicted molar refractivity (Wildman–Crippen MR) is 106 cm³/mol. The number of halogens is 1. The van der Waals surface area contributed by atoms with Gasteiger partial charge in [0.1, 0.15) is 5.76 Å². The lowest BCUT2D eigenvalue weighted by Gasteiger charge is -2.14. The fraction of sp³-hybridized carbons (Fsp3) is 0.143. The number of rotatable bonds is 5. The first kappa shape index (κ1) is 18.7. The summed E-state index contributed by atoms with van der Waals surface area (Å²) in [6, 6.07) is 17.7. The van der Waals surface area contributed by atoms with E-state index in [1.807, 2.05) is 43.3 Å². The molecular weight excluding hydrogens is 364 g/mol. The largest absolute Gasteiger partial charge is 0.451 e. The van der Waals surface area contributed by atoms with Crippen molar-refractivity contribution in [3.8, 4) is 11.3 Å². The molecule has 3 rings (SSSR count). The third kappa shape index (κ3) is 4.57. The average molecular weight is 383 g/mol. The Morgan fingerprint density at radius 2 is 1.81 bits per heavy atom. The zero-order valence-electron chi connectivity index (χ0n) is 15.0. The van der Waals surface area contributed by atoms with Crippen molar-refractivity contribution < 1.29 is 14.0 Å². The molecule has 6 heteroatoms. The van der Waals surface area contributed by atoms with Crippen molar-refractivity contribution >= 4 is 29.1 Å². The third-order valence-corrected chi connectivity index (χ3v) is 4.35. The Morgan fingerprint density at radius 1 is 1.04 bits per heavy atom. The second-order valence-corrected chi connectivity index (χ2v) is 6.55. The van der Waals surface area contributed by atoms with Crippen LogP contribution >= 0.6 is 11.6 Å². The molecule has 0 aliphatic heterocycles. The van der Waals surface area contributed by atoms with E-state index in [-0.39, 0.29) is 23.6 Å². The van der Waals surface area contributed by atoms with Crippen LogP contribution in [-0.4, -0.2) is 11.8 Å². The maximum Gasteiger partial charge on any atom is 0.287 e. The average Bonchev–Trinajstić information content (AvgIpc) is 3.12. The summed E-state index contributed by atoms with van der Waals surface area (Å²) in [4.78, 5) is 23.7. The molecule has 0 saturated carbocycles. The summed E-state index contributed by atoms with van der Waals surface area (Å²) in [6.07, 6.45) is 0. The lowest BCUT2D eigenvalue weighted by molar-refractivity contribution is -0.114. The Balaban J connectivity index is 1.72. The van der Waals surface area contributed by atoms with Crippen LogP contribution in [0.25, 0.3) is 11.3 Å². The Hall–Kier alpha value is -3.05. The van der Waals surface area contributed by atoms with Crippen LogP contribution in [0.5, 0.6) is 0 Å². The van der Waals surface area contributed by atoms with E-state index in [9.17, 15) is 9.59 Å². The zero-order valence-corrected chi connectivity index (χ0v) is 15.7. The quantitative estimate of drug-likeness (QED) is 0.648. The van der Waals surface area contributed by atoms with Crippen LogP contribution in [0, 0.1) is 0 Å². The first-order chi connectivity index (χ1) is 12.9. The van der Waals surface area contributed by atoms with Gasteiger partial charge in [-0.25, -0.2) is 0 Å². The number of nitrogens with one attached hydrogen (secondary N) is 2. The van der Waals surface area contributed by atoms with E-state index in [0.717, 1.165) is 11.1 Å². The number of amides is 2. The molecule has 1 atom stereocenters. The van der Waals surface area contributed by atoms with E-state index in [1.54, 1.807) is 24.3 Å². The monoisotopic (exact) mass is 382 g/mol. The molecule has 5 nitrogen and oxygen atoms in total.